The Labute approximate surface area is 96.1 Å². The summed E-state index contributed by atoms with van der Waals surface area (Å²) in [4.78, 5) is 11.5. The van der Waals surface area contributed by atoms with Crippen molar-refractivity contribution in [3.63, 3.8) is 0 Å². The topological polar surface area (TPSA) is 52.9 Å². The van der Waals surface area contributed by atoms with Crippen LogP contribution in [0.5, 0.6) is 0 Å². The van der Waals surface area contributed by atoms with Gasteiger partial charge in [0.1, 0.15) is 0 Å². The van der Waals surface area contributed by atoms with Crippen LogP contribution in [0.1, 0.15) is 32.1 Å². The summed E-state index contributed by atoms with van der Waals surface area (Å²) < 4.78 is 0. The first-order valence-corrected chi connectivity index (χ1v) is 5.55. The first-order chi connectivity index (χ1) is 7.83. The second kappa shape index (κ2) is 7.47. The molecule has 0 bridgehead atoms. The number of carbonyl (C=O) groups is 1. The molecule has 0 fully saturated rings. The number of nitrogens with zero attached hydrogens (tertiary/aromatic N) is 1. The quantitative estimate of drug-likeness (QED) is 0.743. The standard InChI is InChI=1S/C13H16N2O/c14-11-7-2-1-6-10-13(16)15-12-8-4-3-5-9-12/h3-5,8-9H,1-2,6-7,10H2,(H,15,16). The third-order valence-electron chi connectivity index (χ3n) is 2.25. The van der Waals surface area contributed by atoms with Crippen molar-refractivity contribution in [2.75, 3.05) is 5.32 Å². The number of hydrogen-bond acceptors (Lipinski definition) is 2. The monoisotopic (exact) mass is 216 g/mol. The molecule has 0 aliphatic rings. The molecule has 0 atom stereocenters. The van der Waals surface area contributed by atoms with E-state index in [2.05, 4.69) is 11.4 Å². The molecule has 1 rings (SSSR count). The maximum atomic E-state index is 11.5. The summed E-state index contributed by atoms with van der Waals surface area (Å²) in [6.45, 7) is 0. The highest BCUT2D eigenvalue weighted by atomic mass is 16.1. The van der Waals surface area contributed by atoms with Gasteiger partial charge in [0.15, 0.2) is 0 Å². The van der Waals surface area contributed by atoms with E-state index >= 15 is 0 Å². The minimum absolute atomic E-state index is 0.0446. The number of anilines is 1. The van der Waals surface area contributed by atoms with Crippen LogP contribution in [0.2, 0.25) is 0 Å². The van der Waals surface area contributed by atoms with Gasteiger partial charge in [-0.1, -0.05) is 24.6 Å². The molecule has 0 radical (unpaired) electrons. The Morgan fingerprint density at radius 2 is 1.94 bits per heavy atom. The SMILES string of the molecule is N#CCCCCCC(=O)Nc1ccccc1. The summed E-state index contributed by atoms with van der Waals surface area (Å²) in [6.07, 6.45) is 3.78. The van der Waals surface area contributed by atoms with Crippen LogP contribution in [0.3, 0.4) is 0 Å². The van der Waals surface area contributed by atoms with Gasteiger partial charge in [0.05, 0.1) is 6.07 Å². The number of amides is 1. The largest absolute Gasteiger partial charge is 0.326 e. The summed E-state index contributed by atoms with van der Waals surface area (Å²) in [5.41, 5.74) is 0.838. The van der Waals surface area contributed by atoms with Crippen molar-refractivity contribution in [2.24, 2.45) is 0 Å². The van der Waals surface area contributed by atoms with Crippen LogP contribution in [0.25, 0.3) is 0 Å². The number of nitriles is 1. The fourth-order valence-electron chi connectivity index (χ4n) is 1.41. The molecule has 84 valence electrons. The van der Waals surface area contributed by atoms with Crippen molar-refractivity contribution in [1.82, 2.24) is 0 Å². The third kappa shape index (κ3) is 5.16. The van der Waals surface area contributed by atoms with E-state index in [1.165, 1.54) is 0 Å². The Balaban J connectivity index is 2.15. The number of benzene rings is 1. The predicted octanol–water partition coefficient (Wildman–Crippen LogP) is 3.10. The van der Waals surface area contributed by atoms with E-state index < -0.39 is 0 Å². The smallest absolute Gasteiger partial charge is 0.224 e. The molecule has 16 heavy (non-hydrogen) atoms. The van der Waals surface area contributed by atoms with Gasteiger partial charge >= 0.3 is 0 Å². The molecule has 3 heteroatoms. The van der Waals surface area contributed by atoms with Crippen LogP contribution < -0.4 is 5.32 Å². The van der Waals surface area contributed by atoms with Gasteiger partial charge in [0.25, 0.3) is 0 Å². The van der Waals surface area contributed by atoms with E-state index in [1.807, 2.05) is 30.3 Å². The van der Waals surface area contributed by atoms with Crippen LogP contribution in [0, 0.1) is 11.3 Å². The van der Waals surface area contributed by atoms with Gasteiger partial charge in [-0.05, 0) is 25.0 Å². The van der Waals surface area contributed by atoms with E-state index in [-0.39, 0.29) is 5.91 Å². The van der Waals surface area contributed by atoms with Crippen LogP contribution in [-0.4, -0.2) is 5.91 Å². The van der Waals surface area contributed by atoms with Crippen molar-refractivity contribution >= 4 is 11.6 Å². The van der Waals surface area contributed by atoms with Crippen LogP contribution in [0.15, 0.2) is 30.3 Å². The van der Waals surface area contributed by atoms with Gasteiger partial charge in [-0.3, -0.25) is 4.79 Å². The Morgan fingerprint density at radius 3 is 2.62 bits per heavy atom. The molecule has 0 spiro atoms. The van der Waals surface area contributed by atoms with Crippen molar-refractivity contribution in [3.8, 4) is 6.07 Å². The lowest BCUT2D eigenvalue weighted by Crippen LogP contribution is -2.10. The molecule has 0 aliphatic carbocycles. The Bertz CT molecular complexity index is 354. The average molecular weight is 216 g/mol. The zero-order valence-corrected chi connectivity index (χ0v) is 9.28. The molecule has 1 N–H and O–H groups in total. The molecular weight excluding hydrogens is 200 g/mol. The molecule has 0 aliphatic heterocycles. The van der Waals surface area contributed by atoms with Gasteiger partial charge in [0.2, 0.25) is 5.91 Å². The molecule has 1 aromatic rings. The van der Waals surface area contributed by atoms with Crippen molar-refractivity contribution in [1.29, 1.82) is 5.26 Å². The maximum Gasteiger partial charge on any atom is 0.224 e. The summed E-state index contributed by atoms with van der Waals surface area (Å²) in [6, 6.07) is 11.5. The van der Waals surface area contributed by atoms with Gasteiger partial charge in [-0.15, -0.1) is 0 Å². The first-order valence-electron chi connectivity index (χ1n) is 5.55. The van der Waals surface area contributed by atoms with Gasteiger partial charge in [-0.25, -0.2) is 0 Å². The molecule has 0 saturated heterocycles. The van der Waals surface area contributed by atoms with E-state index in [1.54, 1.807) is 0 Å². The molecule has 1 aromatic carbocycles. The Kier molecular flexibility index (Phi) is 5.72. The highest BCUT2D eigenvalue weighted by molar-refractivity contribution is 5.90. The zero-order valence-electron chi connectivity index (χ0n) is 9.28. The summed E-state index contributed by atoms with van der Waals surface area (Å²) in [7, 11) is 0. The number of nitrogens with one attached hydrogen (secondary N) is 1. The lowest BCUT2D eigenvalue weighted by atomic mass is 10.1. The molecule has 0 heterocycles. The number of carbonyl (C=O) groups excluding carboxylic acids is 1. The minimum Gasteiger partial charge on any atom is -0.326 e. The lowest BCUT2D eigenvalue weighted by molar-refractivity contribution is -0.116. The highest BCUT2D eigenvalue weighted by Crippen LogP contribution is 2.07. The minimum atomic E-state index is 0.0446. The van der Waals surface area contributed by atoms with Gasteiger partial charge < -0.3 is 5.32 Å². The first kappa shape index (κ1) is 12.3. The zero-order chi connectivity index (χ0) is 11.6. The second-order valence-corrected chi connectivity index (χ2v) is 3.63. The normalized spacial score (nSPS) is 9.44. The number of unbranched alkanes of at least 4 members (excludes halogenated alkanes) is 3. The highest BCUT2D eigenvalue weighted by Gasteiger charge is 2.01. The second-order valence-electron chi connectivity index (χ2n) is 3.63. The van der Waals surface area contributed by atoms with E-state index in [0.29, 0.717) is 12.8 Å². The predicted molar refractivity (Wildman–Crippen MR) is 63.8 cm³/mol. The molecular formula is C13H16N2O. The van der Waals surface area contributed by atoms with Crippen molar-refractivity contribution < 1.29 is 4.79 Å². The van der Waals surface area contributed by atoms with Gasteiger partial charge in [0, 0.05) is 18.5 Å². The number of hydrogen-bond donors (Lipinski definition) is 1. The van der Waals surface area contributed by atoms with Crippen LogP contribution >= 0.6 is 0 Å². The Hall–Kier alpha value is -1.82. The number of rotatable bonds is 6. The molecule has 0 aromatic heterocycles. The Morgan fingerprint density at radius 1 is 1.19 bits per heavy atom. The summed E-state index contributed by atoms with van der Waals surface area (Å²) in [5.74, 6) is 0.0446. The van der Waals surface area contributed by atoms with Crippen LogP contribution in [0.4, 0.5) is 5.69 Å². The third-order valence-corrected chi connectivity index (χ3v) is 2.25. The summed E-state index contributed by atoms with van der Waals surface area (Å²) >= 11 is 0. The van der Waals surface area contributed by atoms with E-state index in [0.717, 1.165) is 24.9 Å². The van der Waals surface area contributed by atoms with Crippen LogP contribution in [-0.2, 0) is 4.79 Å². The average Bonchev–Trinajstić information content (AvgIpc) is 2.30. The fraction of sp³-hybridized carbons (Fsp3) is 0.385. The molecule has 3 nitrogen and oxygen atoms in total. The summed E-state index contributed by atoms with van der Waals surface area (Å²) in [5, 5.41) is 11.2. The van der Waals surface area contributed by atoms with E-state index in [9.17, 15) is 4.79 Å². The lowest BCUT2D eigenvalue weighted by Gasteiger charge is -2.04. The number of para-hydroxylation sites is 1. The van der Waals surface area contributed by atoms with Crippen molar-refractivity contribution in [3.05, 3.63) is 30.3 Å². The molecule has 0 saturated carbocycles. The maximum absolute atomic E-state index is 11.5. The van der Waals surface area contributed by atoms with Gasteiger partial charge in [-0.2, -0.15) is 5.26 Å². The molecule has 0 unspecified atom stereocenters. The van der Waals surface area contributed by atoms with E-state index in [4.69, 9.17) is 5.26 Å². The molecule has 1 amide bonds. The van der Waals surface area contributed by atoms with Crippen molar-refractivity contribution in [2.45, 2.75) is 32.1 Å². The fourth-order valence-corrected chi connectivity index (χ4v) is 1.41.